The van der Waals surface area contributed by atoms with Crippen molar-refractivity contribution in [2.45, 2.75) is 18.6 Å². The fraction of sp³-hybridized carbons (Fsp3) is 0.333. The molecule has 0 saturated carbocycles. The van der Waals surface area contributed by atoms with Gasteiger partial charge in [-0.05, 0) is 25.1 Å². The molecule has 0 spiro atoms. The standard InChI is InChI=1S/C15H17N3O5S/c1-8(9-4-5-10(22-2)11(6-9)23-3)17-18-15-16-14(21)12(24-15)7-13(19)20/h4-6,12H,7H2,1-3H3,(H,19,20)(H,16,18,21). The van der Waals surface area contributed by atoms with Crippen LogP contribution in [0, 0.1) is 0 Å². The highest BCUT2D eigenvalue weighted by molar-refractivity contribution is 8.15. The van der Waals surface area contributed by atoms with E-state index in [4.69, 9.17) is 14.6 Å². The molecule has 1 aliphatic rings. The number of hydrogen-bond acceptors (Lipinski definition) is 7. The van der Waals surface area contributed by atoms with Crippen LogP contribution in [0.2, 0.25) is 0 Å². The minimum absolute atomic E-state index is 0.256. The lowest BCUT2D eigenvalue weighted by Crippen LogP contribution is -2.26. The molecule has 1 unspecified atom stereocenters. The van der Waals surface area contributed by atoms with E-state index in [9.17, 15) is 9.59 Å². The molecule has 9 heteroatoms. The van der Waals surface area contributed by atoms with Crippen LogP contribution in [-0.4, -0.2) is 47.3 Å². The van der Waals surface area contributed by atoms with E-state index in [2.05, 4.69) is 15.5 Å². The van der Waals surface area contributed by atoms with Gasteiger partial charge in [-0.1, -0.05) is 11.8 Å². The van der Waals surface area contributed by atoms with E-state index in [1.165, 1.54) is 0 Å². The van der Waals surface area contributed by atoms with Crippen LogP contribution >= 0.6 is 11.8 Å². The smallest absolute Gasteiger partial charge is 0.305 e. The summed E-state index contributed by atoms with van der Waals surface area (Å²) in [5, 5.41) is 18.9. The number of rotatable bonds is 6. The van der Waals surface area contributed by atoms with E-state index in [1.807, 2.05) is 6.07 Å². The highest BCUT2D eigenvalue weighted by Gasteiger charge is 2.32. The second-order valence-electron chi connectivity index (χ2n) is 4.85. The van der Waals surface area contributed by atoms with Gasteiger partial charge < -0.3 is 19.9 Å². The third-order valence-corrected chi connectivity index (χ3v) is 4.30. The number of carboxylic acid groups (broad SMARTS) is 1. The zero-order valence-electron chi connectivity index (χ0n) is 13.4. The number of carbonyl (C=O) groups is 2. The Morgan fingerprint density at radius 1 is 1.33 bits per heavy atom. The first kappa shape index (κ1) is 17.8. The molecule has 1 fully saturated rings. The van der Waals surface area contributed by atoms with Crippen molar-refractivity contribution in [3.05, 3.63) is 23.8 Å². The van der Waals surface area contributed by atoms with E-state index < -0.39 is 11.2 Å². The molecule has 128 valence electrons. The Morgan fingerprint density at radius 3 is 2.67 bits per heavy atom. The van der Waals surface area contributed by atoms with Gasteiger partial charge in [0.15, 0.2) is 16.7 Å². The third-order valence-electron chi connectivity index (χ3n) is 3.23. The molecular weight excluding hydrogens is 334 g/mol. The van der Waals surface area contributed by atoms with Crippen molar-refractivity contribution in [2.75, 3.05) is 14.2 Å². The van der Waals surface area contributed by atoms with Gasteiger partial charge in [0, 0.05) is 5.56 Å². The molecule has 0 aromatic heterocycles. The molecule has 1 aromatic rings. The summed E-state index contributed by atoms with van der Waals surface area (Å²) in [5.74, 6) is -0.230. The van der Waals surface area contributed by atoms with Gasteiger partial charge in [0.25, 0.3) is 0 Å². The van der Waals surface area contributed by atoms with Gasteiger partial charge in [0.05, 0.1) is 26.4 Å². The SMILES string of the molecule is COc1ccc(C(C)=N/N=C2\NC(=O)C(CC(=O)O)S2)cc1OC. The van der Waals surface area contributed by atoms with Crippen LogP contribution in [-0.2, 0) is 9.59 Å². The molecule has 1 atom stereocenters. The van der Waals surface area contributed by atoms with Gasteiger partial charge >= 0.3 is 5.97 Å². The molecule has 24 heavy (non-hydrogen) atoms. The van der Waals surface area contributed by atoms with Gasteiger partial charge in [-0.2, -0.15) is 5.10 Å². The minimum atomic E-state index is -1.03. The number of aliphatic carboxylic acids is 1. The molecule has 8 nitrogen and oxygen atoms in total. The van der Waals surface area contributed by atoms with E-state index in [0.29, 0.717) is 17.2 Å². The number of benzene rings is 1. The van der Waals surface area contributed by atoms with E-state index >= 15 is 0 Å². The number of ether oxygens (including phenoxy) is 2. The number of amidine groups is 1. The monoisotopic (exact) mass is 351 g/mol. The summed E-state index contributed by atoms with van der Waals surface area (Å²) in [6.45, 7) is 1.77. The molecule has 2 rings (SSSR count). The second-order valence-corrected chi connectivity index (χ2v) is 6.05. The molecule has 1 aliphatic heterocycles. The van der Waals surface area contributed by atoms with Gasteiger partial charge in [0.1, 0.15) is 5.25 Å². The summed E-state index contributed by atoms with van der Waals surface area (Å²) in [5.41, 5.74) is 1.40. The average Bonchev–Trinajstić information content (AvgIpc) is 2.91. The highest BCUT2D eigenvalue weighted by atomic mass is 32.2. The Kier molecular flexibility index (Phi) is 5.80. The Morgan fingerprint density at radius 2 is 2.04 bits per heavy atom. The predicted octanol–water partition coefficient (Wildman–Crippen LogP) is 1.49. The summed E-state index contributed by atoms with van der Waals surface area (Å²) in [6, 6.07) is 5.34. The molecule has 1 amide bonds. The summed E-state index contributed by atoms with van der Waals surface area (Å²) < 4.78 is 10.4. The topological polar surface area (TPSA) is 110 Å². The van der Waals surface area contributed by atoms with Crippen LogP contribution in [0.3, 0.4) is 0 Å². The number of nitrogens with one attached hydrogen (secondary N) is 1. The Balaban J connectivity index is 2.14. The zero-order valence-corrected chi connectivity index (χ0v) is 14.2. The molecule has 0 aliphatic carbocycles. The van der Waals surface area contributed by atoms with Gasteiger partial charge in [-0.25, -0.2) is 0 Å². The number of carbonyl (C=O) groups excluding carboxylic acids is 1. The molecule has 0 radical (unpaired) electrons. The Labute approximate surface area is 142 Å². The van der Waals surface area contributed by atoms with Crippen LogP contribution < -0.4 is 14.8 Å². The summed E-state index contributed by atoms with van der Waals surface area (Å²) in [7, 11) is 3.10. The van der Waals surface area contributed by atoms with Gasteiger partial charge in [-0.15, -0.1) is 5.10 Å². The molecule has 2 N–H and O–H groups in total. The second kappa shape index (κ2) is 7.82. The van der Waals surface area contributed by atoms with Crippen molar-refractivity contribution in [1.82, 2.24) is 5.32 Å². The molecular formula is C15H17N3O5S. The third kappa shape index (κ3) is 4.25. The van der Waals surface area contributed by atoms with Gasteiger partial charge in [-0.3, -0.25) is 9.59 Å². The quantitative estimate of drug-likeness (QED) is 0.593. The average molecular weight is 351 g/mol. The lowest BCUT2D eigenvalue weighted by molar-refractivity contribution is -0.138. The van der Waals surface area contributed by atoms with Crippen molar-refractivity contribution in [3.8, 4) is 11.5 Å². The predicted molar refractivity (Wildman–Crippen MR) is 91.0 cm³/mol. The van der Waals surface area contributed by atoms with Crippen molar-refractivity contribution in [1.29, 1.82) is 0 Å². The summed E-state index contributed by atoms with van der Waals surface area (Å²) >= 11 is 1.05. The summed E-state index contributed by atoms with van der Waals surface area (Å²) in [4.78, 5) is 22.3. The first-order chi connectivity index (χ1) is 11.4. The largest absolute Gasteiger partial charge is 0.493 e. The highest BCUT2D eigenvalue weighted by Crippen LogP contribution is 2.28. The van der Waals surface area contributed by atoms with Crippen LogP contribution in [0.1, 0.15) is 18.9 Å². The normalized spacial score (nSPS) is 19.3. The maximum atomic E-state index is 11.6. The maximum absolute atomic E-state index is 11.6. The number of hydrogen-bond donors (Lipinski definition) is 2. The lowest BCUT2D eigenvalue weighted by atomic mass is 10.1. The number of carboxylic acids is 1. The number of nitrogens with zero attached hydrogens (tertiary/aromatic N) is 2. The van der Waals surface area contributed by atoms with Crippen molar-refractivity contribution >= 4 is 34.5 Å². The fourth-order valence-corrected chi connectivity index (χ4v) is 2.89. The fourth-order valence-electron chi connectivity index (χ4n) is 1.98. The first-order valence-electron chi connectivity index (χ1n) is 6.98. The van der Waals surface area contributed by atoms with Crippen molar-refractivity contribution < 1.29 is 24.2 Å². The minimum Gasteiger partial charge on any atom is -0.493 e. The summed E-state index contributed by atoms with van der Waals surface area (Å²) in [6.07, 6.45) is -0.256. The molecule has 1 heterocycles. The van der Waals surface area contributed by atoms with Gasteiger partial charge in [0.2, 0.25) is 5.91 Å². The van der Waals surface area contributed by atoms with Crippen molar-refractivity contribution in [3.63, 3.8) is 0 Å². The zero-order chi connectivity index (χ0) is 17.7. The molecule has 1 aromatic carbocycles. The van der Waals surface area contributed by atoms with E-state index in [1.54, 1.807) is 33.3 Å². The number of thioether (sulfide) groups is 1. The van der Waals surface area contributed by atoms with Crippen LogP contribution in [0.25, 0.3) is 0 Å². The number of amides is 1. The van der Waals surface area contributed by atoms with E-state index in [0.717, 1.165) is 17.3 Å². The molecule has 1 saturated heterocycles. The maximum Gasteiger partial charge on any atom is 0.305 e. The van der Waals surface area contributed by atoms with Crippen LogP contribution in [0.4, 0.5) is 0 Å². The molecule has 0 bridgehead atoms. The first-order valence-corrected chi connectivity index (χ1v) is 7.86. The lowest BCUT2D eigenvalue weighted by Gasteiger charge is -2.08. The van der Waals surface area contributed by atoms with E-state index in [-0.39, 0.29) is 17.5 Å². The Bertz CT molecular complexity index is 717. The van der Waals surface area contributed by atoms with Crippen LogP contribution in [0.5, 0.6) is 11.5 Å². The number of methoxy groups -OCH3 is 2. The van der Waals surface area contributed by atoms with Crippen molar-refractivity contribution in [2.24, 2.45) is 10.2 Å². The Hall–Kier alpha value is -2.55. The van der Waals surface area contributed by atoms with Crippen LogP contribution in [0.15, 0.2) is 28.4 Å².